The molecule has 4 aliphatic heterocycles. The van der Waals surface area contributed by atoms with Crippen LogP contribution in [0, 0.1) is 0 Å². The molecule has 0 N–H and O–H groups in total. The fourth-order valence-corrected chi connectivity index (χ4v) is 8.85. The first-order valence-electron chi connectivity index (χ1n) is 18.3. The van der Waals surface area contributed by atoms with E-state index in [0.717, 1.165) is 79.9 Å². The van der Waals surface area contributed by atoms with Crippen molar-refractivity contribution in [2.24, 2.45) is 0 Å². The van der Waals surface area contributed by atoms with Crippen LogP contribution in [0.1, 0.15) is 84.0 Å². The molecule has 0 bridgehead atoms. The second-order valence-corrected chi connectivity index (χ2v) is 14.3. The second-order valence-electron chi connectivity index (χ2n) is 14.3. The molecule has 4 aromatic carbocycles. The van der Waals surface area contributed by atoms with Gasteiger partial charge in [0.25, 0.3) is 5.91 Å². The molecular weight excluding hydrogens is 667 g/mol. The van der Waals surface area contributed by atoms with E-state index in [0.29, 0.717) is 28.8 Å². The van der Waals surface area contributed by atoms with E-state index in [1.165, 1.54) is 43.9 Å². The van der Waals surface area contributed by atoms with E-state index in [4.69, 9.17) is 9.15 Å². The van der Waals surface area contributed by atoms with Crippen molar-refractivity contribution in [3.8, 4) is 11.5 Å². The van der Waals surface area contributed by atoms with Gasteiger partial charge in [0.2, 0.25) is 0 Å². The fraction of sp³-hybridized carbons (Fsp3) is 0.333. The standard InChI is InChI=1S/C42H38F3N3O4/c43-42(44,45)35-26-39(49)52-36-25-29(13-16-30(35)36)48-40(50)31-11-5-6-12-32(31)41(48)33-17-14-27(46-19-7-1-2-8-20-46)23-37(33)51-38-24-28(15-18-34(38)41)47-21-9-3-4-10-22-47/h5-6,11-18,23-26H,1-4,7-10,19-22H2. The summed E-state index contributed by atoms with van der Waals surface area (Å²) in [6.45, 7) is 3.76. The number of fused-ring (bicyclic) bond motifs is 7. The minimum Gasteiger partial charge on any atom is -0.456 e. The number of carbonyl (C=O) groups is 1. The van der Waals surface area contributed by atoms with E-state index in [1.54, 1.807) is 11.0 Å². The lowest BCUT2D eigenvalue weighted by Crippen LogP contribution is -2.47. The predicted molar refractivity (Wildman–Crippen MR) is 195 cm³/mol. The molecule has 266 valence electrons. The molecule has 1 spiro atoms. The van der Waals surface area contributed by atoms with Crippen molar-refractivity contribution in [1.29, 1.82) is 0 Å². The van der Waals surface area contributed by atoms with Crippen molar-refractivity contribution in [2.75, 3.05) is 40.9 Å². The molecule has 9 rings (SSSR count). The molecule has 0 saturated carbocycles. The molecule has 0 radical (unpaired) electrons. The van der Waals surface area contributed by atoms with Crippen LogP contribution in [0.5, 0.6) is 11.5 Å². The molecule has 5 heterocycles. The first-order valence-corrected chi connectivity index (χ1v) is 18.3. The summed E-state index contributed by atoms with van der Waals surface area (Å²) in [5.41, 5.74) is 1.36. The van der Waals surface area contributed by atoms with Gasteiger partial charge in [-0.3, -0.25) is 9.69 Å². The molecule has 1 aromatic heterocycles. The average Bonchev–Trinajstić information content (AvgIpc) is 3.46. The van der Waals surface area contributed by atoms with Gasteiger partial charge in [0.05, 0.1) is 5.56 Å². The Balaban J connectivity index is 1.30. The van der Waals surface area contributed by atoms with E-state index < -0.39 is 22.9 Å². The maximum atomic E-state index is 14.8. The lowest BCUT2D eigenvalue weighted by molar-refractivity contribution is -0.136. The molecule has 4 aliphatic rings. The van der Waals surface area contributed by atoms with E-state index in [2.05, 4.69) is 34.1 Å². The van der Waals surface area contributed by atoms with Gasteiger partial charge >= 0.3 is 11.8 Å². The summed E-state index contributed by atoms with van der Waals surface area (Å²) < 4.78 is 54.5. The molecular formula is C42H38F3N3O4. The lowest BCUT2D eigenvalue weighted by Gasteiger charge is -2.44. The van der Waals surface area contributed by atoms with Gasteiger partial charge < -0.3 is 19.0 Å². The van der Waals surface area contributed by atoms with Crippen LogP contribution in [0.25, 0.3) is 11.0 Å². The third-order valence-electron chi connectivity index (χ3n) is 11.2. The minimum absolute atomic E-state index is 0.253. The van der Waals surface area contributed by atoms with Gasteiger partial charge in [0, 0.05) is 95.1 Å². The number of ether oxygens (including phenoxy) is 1. The van der Waals surface area contributed by atoms with Gasteiger partial charge in [-0.1, -0.05) is 56.0 Å². The first kappa shape index (κ1) is 32.6. The van der Waals surface area contributed by atoms with Crippen LogP contribution in [0.2, 0.25) is 0 Å². The van der Waals surface area contributed by atoms with Crippen LogP contribution >= 0.6 is 0 Å². The van der Waals surface area contributed by atoms with Gasteiger partial charge in [0.15, 0.2) is 0 Å². The number of halogens is 3. The maximum absolute atomic E-state index is 14.8. The van der Waals surface area contributed by atoms with Gasteiger partial charge in [-0.15, -0.1) is 0 Å². The van der Waals surface area contributed by atoms with Crippen molar-refractivity contribution < 1.29 is 27.1 Å². The van der Waals surface area contributed by atoms with E-state index in [-0.39, 0.29) is 16.9 Å². The topological polar surface area (TPSA) is 66.2 Å². The van der Waals surface area contributed by atoms with Gasteiger partial charge in [-0.25, -0.2) is 4.79 Å². The Labute approximate surface area is 299 Å². The lowest BCUT2D eigenvalue weighted by atomic mass is 9.74. The summed E-state index contributed by atoms with van der Waals surface area (Å²) in [6, 6.07) is 24.5. The molecule has 0 atom stereocenters. The zero-order chi connectivity index (χ0) is 35.6. The number of carbonyl (C=O) groups excluding carboxylic acids is 1. The molecule has 0 unspecified atom stereocenters. The highest BCUT2D eigenvalue weighted by Gasteiger charge is 2.57. The van der Waals surface area contributed by atoms with Crippen molar-refractivity contribution in [2.45, 2.75) is 63.1 Å². The predicted octanol–water partition coefficient (Wildman–Crippen LogP) is 9.63. The van der Waals surface area contributed by atoms with Crippen LogP contribution in [0.15, 0.2) is 94.1 Å². The number of nitrogens with zero attached hydrogens (tertiary/aromatic N) is 3. The molecule has 5 aromatic rings. The van der Waals surface area contributed by atoms with Crippen LogP contribution < -0.4 is 25.1 Å². The summed E-state index contributed by atoms with van der Waals surface area (Å²) in [6.07, 6.45) is 4.42. The van der Waals surface area contributed by atoms with E-state index in [9.17, 15) is 22.8 Å². The Morgan fingerprint density at radius 1 is 0.596 bits per heavy atom. The molecule has 0 aliphatic carbocycles. The first-order chi connectivity index (χ1) is 25.2. The normalized spacial score (nSPS) is 18.4. The zero-order valence-corrected chi connectivity index (χ0v) is 28.7. The van der Waals surface area contributed by atoms with E-state index in [1.807, 2.05) is 30.3 Å². The van der Waals surface area contributed by atoms with Gasteiger partial charge in [-0.2, -0.15) is 13.2 Å². The third-order valence-corrected chi connectivity index (χ3v) is 11.2. The summed E-state index contributed by atoms with van der Waals surface area (Å²) in [4.78, 5) is 33.7. The van der Waals surface area contributed by atoms with Gasteiger partial charge in [0.1, 0.15) is 22.6 Å². The summed E-state index contributed by atoms with van der Waals surface area (Å²) >= 11 is 0. The highest BCUT2D eigenvalue weighted by atomic mass is 19.4. The number of hydrogen-bond donors (Lipinski definition) is 0. The highest BCUT2D eigenvalue weighted by Crippen LogP contribution is 2.59. The Morgan fingerprint density at radius 2 is 1.15 bits per heavy atom. The van der Waals surface area contributed by atoms with E-state index >= 15 is 0 Å². The van der Waals surface area contributed by atoms with Crippen LogP contribution in [-0.4, -0.2) is 32.1 Å². The van der Waals surface area contributed by atoms with Crippen LogP contribution in [-0.2, 0) is 11.7 Å². The molecule has 2 fully saturated rings. The molecule has 2 saturated heterocycles. The molecule has 7 nitrogen and oxygen atoms in total. The zero-order valence-electron chi connectivity index (χ0n) is 28.7. The van der Waals surface area contributed by atoms with Crippen molar-refractivity contribution in [1.82, 2.24) is 0 Å². The number of rotatable bonds is 3. The summed E-state index contributed by atoms with van der Waals surface area (Å²) in [5.74, 6) is 0.906. The Bertz CT molecular complexity index is 2200. The Morgan fingerprint density at radius 3 is 1.73 bits per heavy atom. The Kier molecular flexibility index (Phi) is 7.82. The number of benzene rings is 4. The molecule has 10 heteroatoms. The minimum atomic E-state index is -4.77. The average molecular weight is 706 g/mol. The van der Waals surface area contributed by atoms with Crippen molar-refractivity contribution in [3.63, 3.8) is 0 Å². The Hall–Kier alpha value is -5.25. The quantitative estimate of drug-likeness (QED) is 0.174. The smallest absolute Gasteiger partial charge is 0.417 e. The fourth-order valence-electron chi connectivity index (χ4n) is 8.85. The number of amides is 1. The van der Waals surface area contributed by atoms with Crippen LogP contribution in [0.4, 0.5) is 30.2 Å². The second kappa shape index (κ2) is 12.5. The summed E-state index contributed by atoms with van der Waals surface area (Å²) in [7, 11) is 0. The van der Waals surface area contributed by atoms with Crippen molar-refractivity contribution in [3.05, 3.63) is 123 Å². The summed E-state index contributed by atoms with van der Waals surface area (Å²) in [5, 5.41) is -0.258. The molecule has 52 heavy (non-hydrogen) atoms. The highest BCUT2D eigenvalue weighted by molar-refractivity contribution is 6.15. The largest absolute Gasteiger partial charge is 0.456 e. The number of hydrogen-bond acceptors (Lipinski definition) is 6. The van der Waals surface area contributed by atoms with Gasteiger partial charge in [-0.05, 0) is 56.0 Å². The molecule has 1 amide bonds. The monoisotopic (exact) mass is 705 g/mol. The maximum Gasteiger partial charge on any atom is 0.417 e. The number of anilines is 3. The SMILES string of the molecule is O=C1c2ccccc2C2(c3ccc(N4CCCCCC4)cc3Oc3cc(N4CCCCCC4)ccc32)N1c1ccc2c(C(F)(F)F)cc(=O)oc2c1. The number of alkyl halides is 3. The third kappa shape index (κ3) is 5.17. The van der Waals surface area contributed by atoms with Crippen LogP contribution in [0.3, 0.4) is 0 Å². The van der Waals surface area contributed by atoms with Crippen molar-refractivity contribution >= 4 is 33.9 Å².